The molecular formula is C13H15NO2. The van der Waals surface area contributed by atoms with Gasteiger partial charge in [-0.15, -0.1) is 0 Å². The third kappa shape index (κ3) is 2.83. The van der Waals surface area contributed by atoms with Crippen LogP contribution in [0.4, 0.5) is 0 Å². The van der Waals surface area contributed by atoms with Crippen LogP contribution in [0.5, 0.6) is 5.75 Å². The Bertz CT molecular complexity index is 389. The molecule has 0 saturated carbocycles. The fraction of sp³-hybridized carbons (Fsp3) is 0.385. The van der Waals surface area contributed by atoms with Crippen molar-refractivity contribution in [1.82, 2.24) is 0 Å². The van der Waals surface area contributed by atoms with Crippen molar-refractivity contribution in [2.75, 3.05) is 7.11 Å². The van der Waals surface area contributed by atoms with Crippen LogP contribution in [0.2, 0.25) is 0 Å². The van der Waals surface area contributed by atoms with Crippen LogP contribution in [-0.4, -0.2) is 12.9 Å². The van der Waals surface area contributed by atoms with Crippen molar-refractivity contribution in [2.24, 2.45) is 0 Å². The number of nitrogens with zero attached hydrogens (tertiary/aromatic N) is 1. The Labute approximate surface area is 95.7 Å². The first-order valence-electron chi connectivity index (χ1n) is 5.29. The molecular weight excluding hydrogens is 202 g/mol. The maximum absolute atomic E-state index is 11.7. The monoisotopic (exact) mass is 217 g/mol. The lowest BCUT2D eigenvalue weighted by Gasteiger charge is -2.08. The molecule has 0 bridgehead atoms. The highest BCUT2D eigenvalue weighted by molar-refractivity contribution is 5.88. The molecule has 1 atom stereocenters. The number of carbonyl (C=O) groups excluding carboxylic acids is 1. The van der Waals surface area contributed by atoms with Gasteiger partial charge in [0, 0.05) is 6.42 Å². The lowest BCUT2D eigenvalue weighted by atomic mass is 9.94. The predicted molar refractivity (Wildman–Crippen MR) is 61.3 cm³/mol. The minimum absolute atomic E-state index is 0.0184. The second-order valence-electron chi connectivity index (χ2n) is 3.55. The summed E-state index contributed by atoms with van der Waals surface area (Å²) in [5, 5.41) is 9.00. The highest BCUT2D eigenvalue weighted by Gasteiger charge is 2.18. The van der Waals surface area contributed by atoms with E-state index in [4.69, 9.17) is 10.00 Å². The molecule has 0 saturated heterocycles. The normalized spacial score (nSPS) is 11.6. The van der Waals surface area contributed by atoms with Crippen LogP contribution in [0.3, 0.4) is 0 Å². The minimum atomic E-state index is -0.647. The second-order valence-corrected chi connectivity index (χ2v) is 3.55. The van der Waals surface area contributed by atoms with Crippen LogP contribution < -0.4 is 4.74 Å². The average Bonchev–Trinajstić information content (AvgIpc) is 2.31. The summed E-state index contributed by atoms with van der Waals surface area (Å²) in [6, 6.07) is 9.10. The molecule has 0 aromatic heterocycles. The third-order valence-corrected chi connectivity index (χ3v) is 2.40. The van der Waals surface area contributed by atoms with Crippen molar-refractivity contribution < 1.29 is 9.53 Å². The number of rotatable bonds is 5. The number of hydrogen-bond acceptors (Lipinski definition) is 3. The Balaban J connectivity index is 2.88. The van der Waals surface area contributed by atoms with Crippen molar-refractivity contribution in [2.45, 2.75) is 25.7 Å². The van der Waals surface area contributed by atoms with E-state index in [1.807, 2.05) is 6.92 Å². The molecule has 3 nitrogen and oxygen atoms in total. The Morgan fingerprint density at radius 2 is 2.06 bits per heavy atom. The molecule has 0 amide bonds. The lowest BCUT2D eigenvalue weighted by Crippen LogP contribution is -2.10. The van der Waals surface area contributed by atoms with Gasteiger partial charge in [-0.25, -0.2) is 0 Å². The number of Topliss-reactive ketones (excluding diaryl/α,β-unsaturated/α-hetero) is 1. The zero-order chi connectivity index (χ0) is 12.0. The molecule has 1 aromatic rings. The molecule has 3 heteroatoms. The summed E-state index contributed by atoms with van der Waals surface area (Å²) in [7, 11) is 1.58. The first-order chi connectivity index (χ1) is 7.72. The van der Waals surface area contributed by atoms with Crippen LogP contribution in [0, 0.1) is 11.3 Å². The summed E-state index contributed by atoms with van der Waals surface area (Å²) in [5.74, 6) is 0.0596. The molecule has 0 aliphatic carbocycles. The summed E-state index contributed by atoms with van der Waals surface area (Å²) < 4.78 is 5.02. The number of hydrogen-bond donors (Lipinski definition) is 0. The molecule has 0 heterocycles. The molecule has 0 aliphatic rings. The average molecular weight is 217 g/mol. The van der Waals surface area contributed by atoms with Gasteiger partial charge in [-0.1, -0.05) is 19.1 Å². The number of methoxy groups -OCH3 is 1. The third-order valence-electron chi connectivity index (χ3n) is 2.40. The van der Waals surface area contributed by atoms with Crippen molar-refractivity contribution in [3.8, 4) is 11.8 Å². The van der Waals surface area contributed by atoms with Gasteiger partial charge in [-0.05, 0) is 24.1 Å². The predicted octanol–water partition coefficient (Wildman–Crippen LogP) is 2.67. The Morgan fingerprint density at radius 1 is 1.44 bits per heavy atom. The van der Waals surface area contributed by atoms with Crippen molar-refractivity contribution in [3.05, 3.63) is 29.8 Å². The standard InChI is InChI=1S/C13H15NO2/c1-3-4-13(15)12(9-14)10-5-7-11(16-2)8-6-10/h5-8,12H,3-4H2,1-2H3. The molecule has 0 radical (unpaired) electrons. The van der Waals surface area contributed by atoms with E-state index in [0.717, 1.165) is 17.7 Å². The van der Waals surface area contributed by atoms with E-state index in [1.54, 1.807) is 31.4 Å². The SMILES string of the molecule is CCCC(=O)C(C#N)c1ccc(OC)cc1. The largest absolute Gasteiger partial charge is 0.497 e. The van der Waals surface area contributed by atoms with E-state index in [2.05, 4.69) is 6.07 Å². The number of ether oxygens (including phenoxy) is 1. The van der Waals surface area contributed by atoms with E-state index in [-0.39, 0.29) is 5.78 Å². The molecule has 84 valence electrons. The Kier molecular flexibility index (Phi) is 4.53. The van der Waals surface area contributed by atoms with Gasteiger partial charge in [0.05, 0.1) is 13.2 Å². The van der Waals surface area contributed by atoms with Gasteiger partial charge in [0.2, 0.25) is 0 Å². The van der Waals surface area contributed by atoms with E-state index < -0.39 is 5.92 Å². The first kappa shape index (κ1) is 12.3. The number of carbonyl (C=O) groups is 1. The molecule has 0 N–H and O–H groups in total. The smallest absolute Gasteiger partial charge is 0.154 e. The van der Waals surface area contributed by atoms with Crippen LogP contribution in [0.15, 0.2) is 24.3 Å². The molecule has 0 spiro atoms. The molecule has 16 heavy (non-hydrogen) atoms. The lowest BCUT2D eigenvalue weighted by molar-refractivity contribution is -0.119. The molecule has 1 aromatic carbocycles. The van der Waals surface area contributed by atoms with E-state index >= 15 is 0 Å². The van der Waals surface area contributed by atoms with Crippen molar-refractivity contribution in [1.29, 1.82) is 5.26 Å². The summed E-state index contributed by atoms with van der Waals surface area (Å²) in [4.78, 5) is 11.7. The van der Waals surface area contributed by atoms with Crippen LogP contribution in [-0.2, 0) is 4.79 Å². The fourth-order valence-electron chi connectivity index (χ4n) is 1.52. The van der Waals surface area contributed by atoms with E-state index in [1.165, 1.54) is 0 Å². The van der Waals surface area contributed by atoms with Crippen molar-refractivity contribution >= 4 is 5.78 Å². The Morgan fingerprint density at radius 3 is 2.50 bits per heavy atom. The number of ketones is 1. The van der Waals surface area contributed by atoms with E-state index in [9.17, 15) is 4.79 Å². The summed E-state index contributed by atoms with van der Waals surface area (Å²) in [6.45, 7) is 1.93. The summed E-state index contributed by atoms with van der Waals surface area (Å²) >= 11 is 0. The maximum atomic E-state index is 11.7. The fourth-order valence-corrected chi connectivity index (χ4v) is 1.52. The van der Waals surface area contributed by atoms with Crippen LogP contribution in [0.25, 0.3) is 0 Å². The van der Waals surface area contributed by atoms with Crippen molar-refractivity contribution in [3.63, 3.8) is 0 Å². The van der Waals surface area contributed by atoms with Gasteiger partial charge in [-0.3, -0.25) is 4.79 Å². The van der Waals surface area contributed by atoms with Crippen LogP contribution >= 0.6 is 0 Å². The molecule has 0 aliphatic heterocycles. The Hall–Kier alpha value is -1.82. The quantitative estimate of drug-likeness (QED) is 0.761. The highest BCUT2D eigenvalue weighted by Crippen LogP contribution is 2.21. The first-order valence-corrected chi connectivity index (χ1v) is 5.29. The van der Waals surface area contributed by atoms with Gasteiger partial charge in [0.25, 0.3) is 0 Å². The second kappa shape index (κ2) is 5.92. The number of benzene rings is 1. The highest BCUT2D eigenvalue weighted by atomic mass is 16.5. The molecule has 0 fully saturated rings. The van der Waals surface area contributed by atoms with Crippen LogP contribution in [0.1, 0.15) is 31.2 Å². The van der Waals surface area contributed by atoms with Gasteiger partial charge in [0.15, 0.2) is 5.78 Å². The summed E-state index contributed by atoms with van der Waals surface area (Å²) in [5.41, 5.74) is 0.738. The zero-order valence-electron chi connectivity index (χ0n) is 9.56. The van der Waals surface area contributed by atoms with Gasteiger partial charge in [-0.2, -0.15) is 5.26 Å². The molecule has 1 rings (SSSR count). The molecule has 1 unspecified atom stereocenters. The maximum Gasteiger partial charge on any atom is 0.154 e. The summed E-state index contributed by atoms with van der Waals surface area (Å²) in [6.07, 6.45) is 1.22. The van der Waals surface area contributed by atoms with E-state index in [0.29, 0.717) is 6.42 Å². The van der Waals surface area contributed by atoms with Gasteiger partial charge in [0.1, 0.15) is 11.7 Å². The minimum Gasteiger partial charge on any atom is -0.497 e. The van der Waals surface area contributed by atoms with Gasteiger partial charge >= 0.3 is 0 Å². The number of nitriles is 1. The zero-order valence-corrected chi connectivity index (χ0v) is 9.56. The topological polar surface area (TPSA) is 50.1 Å². The van der Waals surface area contributed by atoms with Gasteiger partial charge < -0.3 is 4.74 Å².